The Morgan fingerprint density at radius 1 is 1.26 bits per heavy atom. The molecule has 1 fully saturated rings. The summed E-state index contributed by atoms with van der Waals surface area (Å²) in [5.74, 6) is -0.767. The summed E-state index contributed by atoms with van der Waals surface area (Å²) < 4.78 is 15.9. The second kappa shape index (κ2) is 8.09. The van der Waals surface area contributed by atoms with Gasteiger partial charge in [0.25, 0.3) is 11.7 Å². The summed E-state index contributed by atoms with van der Waals surface area (Å²) in [6.07, 6.45) is 1.46. The lowest BCUT2D eigenvalue weighted by Crippen LogP contribution is -2.32. The molecule has 1 N–H and O–H groups in total. The number of aliphatic hydroxyl groups excluding tert-OH is 1. The molecule has 2 aromatic rings. The van der Waals surface area contributed by atoms with E-state index in [9.17, 15) is 14.7 Å². The van der Waals surface area contributed by atoms with Crippen LogP contribution in [0.3, 0.4) is 0 Å². The van der Waals surface area contributed by atoms with Gasteiger partial charge in [-0.2, -0.15) is 0 Å². The van der Waals surface area contributed by atoms with Crippen LogP contribution in [0.1, 0.15) is 24.3 Å². The first kappa shape index (κ1) is 18.7. The third-order valence-electron chi connectivity index (χ3n) is 4.31. The van der Waals surface area contributed by atoms with E-state index < -0.39 is 17.7 Å². The van der Waals surface area contributed by atoms with Crippen molar-refractivity contribution in [3.63, 3.8) is 0 Å². The molecule has 7 heteroatoms. The summed E-state index contributed by atoms with van der Waals surface area (Å²) in [7, 11) is 1.51. The number of carbonyl (C=O) groups is 2. The number of likely N-dealkylation sites (tertiary alicyclic amines) is 1. The van der Waals surface area contributed by atoms with Crippen molar-refractivity contribution in [1.29, 1.82) is 0 Å². The van der Waals surface area contributed by atoms with Crippen LogP contribution in [0.4, 0.5) is 0 Å². The number of amides is 1. The van der Waals surface area contributed by atoms with Crippen molar-refractivity contribution in [2.24, 2.45) is 0 Å². The van der Waals surface area contributed by atoms with Gasteiger partial charge in [0.2, 0.25) is 0 Å². The van der Waals surface area contributed by atoms with E-state index in [0.717, 1.165) is 0 Å². The molecule has 1 aromatic heterocycles. The van der Waals surface area contributed by atoms with Crippen LogP contribution in [0.2, 0.25) is 0 Å². The van der Waals surface area contributed by atoms with Gasteiger partial charge in [0, 0.05) is 19.2 Å². The first-order valence-corrected chi connectivity index (χ1v) is 8.62. The molecular weight excluding hydrogens is 350 g/mol. The Kier molecular flexibility index (Phi) is 5.61. The van der Waals surface area contributed by atoms with Gasteiger partial charge in [-0.25, -0.2) is 0 Å². The Hall–Kier alpha value is -3.06. The Labute approximate surface area is 156 Å². The molecule has 0 radical (unpaired) electrons. The van der Waals surface area contributed by atoms with Gasteiger partial charge in [0.15, 0.2) is 0 Å². The lowest BCUT2D eigenvalue weighted by molar-refractivity contribution is -0.140. The van der Waals surface area contributed by atoms with E-state index in [-0.39, 0.29) is 24.5 Å². The maximum atomic E-state index is 12.7. The summed E-state index contributed by atoms with van der Waals surface area (Å²) in [4.78, 5) is 26.6. The van der Waals surface area contributed by atoms with Crippen LogP contribution in [-0.2, 0) is 14.3 Å². The van der Waals surface area contributed by atoms with E-state index in [1.165, 1.54) is 18.3 Å². The van der Waals surface area contributed by atoms with Gasteiger partial charge in [-0.15, -0.1) is 0 Å². The second-order valence-electron chi connectivity index (χ2n) is 5.96. The van der Waals surface area contributed by atoms with E-state index in [2.05, 4.69) is 0 Å². The summed E-state index contributed by atoms with van der Waals surface area (Å²) in [6.45, 7) is 2.77. The molecule has 0 bridgehead atoms. The third-order valence-corrected chi connectivity index (χ3v) is 4.31. The molecule has 0 spiro atoms. The minimum atomic E-state index is -0.814. The number of benzene rings is 1. The molecule has 1 saturated heterocycles. The molecule has 0 aliphatic carbocycles. The number of ether oxygens (including phenoxy) is 2. The van der Waals surface area contributed by atoms with Crippen molar-refractivity contribution >= 4 is 17.4 Å². The number of nitrogens with zero attached hydrogens (tertiary/aromatic N) is 1. The lowest BCUT2D eigenvalue weighted by atomic mass is 9.99. The standard InChI is InChI=1S/C20H21NO6/c1-3-26-14-7-4-6-13(12-14)18(22)16-17(15-8-5-10-27-15)21(9-11-25-2)20(24)19(16)23/h4-8,10,12,17,22H,3,9,11H2,1-2H3/b18-16+/t17-/m0/s1. The molecule has 1 aliphatic rings. The molecule has 1 atom stereocenters. The van der Waals surface area contributed by atoms with Crippen LogP contribution in [0.15, 0.2) is 52.7 Å². The average molecular weight is 371 g/mol. The highest BCUT2D eigenvalue weighted by Gasteiger charge is 2.47. The SMILES string of the molecule is CCOc1cccc(/C(O)=C2\C(=O)C(=O)N(CCOC)[C@H]2c2ccco2)c1. The van der Waals surface area contributed by atoms with Gasteiger partial charge in [-0.1, -0.05) is 12.1 Å². The van der Waals surface area contributed by atoms with E-state index >= 15 is 0 Å². The first-order valence-electron chi connectivity index (χ1n) is 8.62. The molecule has 2 heterocycles. The molecule has 1 amide bonds. The van der Waals surface area contributed by atoms with E-state index in [1.54, 1.807) is 36.4 Å². The molecular formula is C20H21NO6. The highest BCUT2D eigenvalue weighted by molar-refractivity contribution is 6.46. The first-order chi connectivity index (χ1) is 13.1. The highest BCUT2D eigenvalue weighted by Crippen LogP contribution is 2.39. The molecule has 0 unspecified atom stereocenters. The summed E-state index contributed by atoms with van der Waals surface area (Å²) in [5, 5.41) is 10.9. The largest absolute Gasteiger partial charge is 0.507 e. The normalized spacial score (nSPS) is 18.9. The van der Waals surface area contributed by atoms with Crippen molar-refractivity contribution in [3.05, 3.63) is 59.6 Å². The minimum Gasteiger partial charge on any atom is -0.507 e. The number of ketones is 1. The molecule has 142 valence electrons. The quantitative estimate of drug-likeness (QED) is 0.457. The fourth-order valence-corrected chi connectivity index (χ4v) is 3.10. The van der Waals surface area contributed by atoms with Crippen molar-refractivity contribution in [2.45, 2.75) is 13.0 Å². The fraction of sp³-hybridized carbons (Fsp3) is 0.300. The zero-order chi connectivity index (χ0) is 19.4. The molecule has 1 aromatic carbocycles. The molecule has 7 nitrogen and oxygen atoms in total. The fourth-order valence-electron chi connectivity index (χ4n) is 3.10. The van der Waals surface area contributed by atoms with Crippen molar-refractivity contribution in [1.82, 2.24) is 4.90 Å². The number of Topliss-reactive ketones (excluding diaryl/α,β-unsaturated/α-hetero) is 1. The number of hydrogen-bond acceptors (Lipinski definition) is 6. The Morgan fingerprint density at radius 2 is 2.07 bits per heavy atom. The van der Waals surface area contributed by atoms with Crippen LogP contribution in [-0.4, -0.2) is 48.6 Å². The van der Waals surface area contributed by atoms with E-state index in [4.69, 9.17) is 13.9 Å². The Balaban J connectivity index is 2.10. The topological polar surface area (TPSA) is 89.2 Å². The monoisotopic (exact) mass is 371 g/mol. The number of carbonyl (C=O) groups excluding carboxylic acids is 2. The highest BCUT2D eigenvalue weighted by atomic mass is 16.5. The van der Waals surface area contributed by atoms with Crippen LogP contribution >= 0.6 is 0 Å². The van der Waals surface area contributed by atoms with Crippen molar-refractivity contribution in [2.75, 3.05) is 26.9 Å². The third kappa shape index (κ3) is 3.59. The van der Waals surface area contributed by atoms with Crippen molar-refractivity contribution in [3.8, 4) is 5.75 Å². The predicted molar refractivity (Wildman–Crippen MR) is 97.2 cm³/mol. The van der Waals surface area contributed by atoms with Gasteiger partial charge < -0.3 is 23.9 Å². The Morgan fingerprint density at radius 3 is 2.74 bits per heavy atom. The number of methoxy groups -OCH3 is 1. The summed E-state index contributed by atoms with van der Waals surface area (Å²) in [5.41, 5.74) is 0.377. The molecule has 0 saturated carbocycles. The number of hydrogen-bond donors (Lipinski definition) is 1. The second-order valence-corrected chi connectivity index (χ2v) is 5.96. The zero-order valence-electron chi connectivity index (χ0n) is 15.2. The van der Waals surface area contributed by atoms with Crippen LogP contribution in [0, 0.1) is 0 Å². The van der Waals surface area contributed by atoms with Gasteiger partial charge in [-0.05, 0) is 31.2 Å². The van der Waals surface area contributed by atoms with Crippen LogP contribution in [0.5, 0.6) is 5.75 Å². The van der Waals surface area contributed by atoms with Crippen LogP contribution in [0.25, 0.3) is 5.76 Å². The van der Waals surface area contributed by atoms with E-state index in [1.807, 2.05) is 6.92 Å². The average Bonchev–Trinajstić information content (AvgIpc) is 3.28. The lowest BCUT2D eigenvalue weighted by Gasteiger charge is -2.22. The predicted octanol–water partition coefficient (Wildman–Crippen LogP) is 2.75. The zero-order valence-corrected chi connectivity index (χ0v) is 15.2. The molecule has 1 aliphatic heterocycles. The maximum Gasteiger partial charge on any atom is 0.295 e. The number of aliphatic hydroxyl groups is 1. The number of furan rings is 1. The maximum absolute atomic E-state index is 12.7. The Bertz CT molecular complexity index is 855. The molecule has 27 heavy (non-hydrogen) atoms. The molecule has 3 rings (SSSR count). The van der Waals surface area contributed by atoms with Crippen molar-refractivity contribution < 1.29 is 28.6 Å². The summed E-state index contributed by atoms with van der Waals surface area (Å²) in [6, 6.07) is 9.26. The van der Waals surface area contributed by atoms with Gasteiger partial charge in [-0.3, -0.25) is 9.59 Å². The summed E-state index contributed by atoms with van der Waals surface area (Å²) >= 11 is 0. The van der Waals surface area contributed by atoms with Gasteiger partial charge >= 0.3 is 0 Å². The van der Waals surface area contributed by atoms with Gasteiger partial charge in [0.05, 0.1) is 25.1 Å². The van der Waals surface area contributed by atoms with E-state index in [0.29, 0.717) is 23.7 Å². The van der Waals surface area contributed by atoms with Crippen LogP contribution < -0.4 is 4.74 Å². The number of rotatable bonds is 7. The minimum absolute atomic E-state index is 0.0142. The smallest absolute Gasteiger partial charge is 0.295 e. The van der Waals surface area contributed by atoms with Gasteiger partial charge in [0.1, 0.15) is 23.3 Å².